The molecule has 1 N–H and O–H groups in total. The number of piperidine rings is 2. The van der Waals surface area contributed by atoms with Crippen LogP contribution in [0.1, 0.15) is 59.3 Å². The Morgan fingerprint density at radius 1 is 1.09 bits per heavy atom. The van der Waals surface area contributed by atoms with Gasteiger partial charge in [-0.2, -0.15) is 0 Å². The Labute approximate surface area is 192 Å². The summed E-state index contributed by atoms with van der Waals surface area (Å²) < 4.78 is 10.7. The third-order valence-corrected chi connectivity index (χ3v) is 7.41. The summed E-state index contributed by atoms with van der Waals surface area (Å²) in [5.74, 6) is 1.35. The number of hydrogen-bond acceptors (Lipinski definition) is 5. The molecule has 1 aromatic carbocycles. The fourth-order valence-corrected chi connectivity index (χ4v) is 5.32. The molecule has 0 aliphatic carbocycles. The van der Waals surface area contributed by atoms with Crippen LogP contribution < -0.4 is 14.8 Å². The lowest BCUT2D eigenvalue weighted by Crippen LogP contribution is -2.60. The highest BCUT2D eigenvalue weighted by Gasteiger charge is 2.43. The summed E-state index contributed by atoms with van der Waals surface area (Å²) in [6.45, 7) is 8.36. The number of benzene rings is 1. The number of fused-ring (bicyclic) bond motifs is 1. The Kier molecular flexibility index (Phi) is 8.04. The summed E-state index contributed by atoms with van der Waals surface area (Å²) in [6.07, 6.45) is 6.50. The third-order valence-electron chi connectivity index (χ3n) is 7.41. The fraction of sp³-hybridized carbons (Fsp3) is 0.680. The number of anilines is 1. The zero-order chi connectivity index (χ0) is 23.3. The number of nitrogens with zero attached hydrogens (tertiary/aromatic N) is 2. The van der Waals surface area contributed by atoms with Gasteiger partial charge in [-0.3, -0.25) is 9.59 Å². The van der Waals surface area contributed by atoms with Crippen LogP contribution in [-0.2, 0) is 9.59 Å². The maximum Gasteiger partial charge on any atom is 0.250 e. The number of carbonyl (C=O) groups is 2. The van der Waals surface area contributed by atoms with Crippen molar-refractivity contribution in [3.05, 3.63) is 18.2 Å². The molecule has 0 aromatic heterocycles. The SMILES string of the molecule is CC[C@](C)(C(=O)Nc1cc(OC)cc(OC)c1)N(C[C@@H]1CCCN2CCCC[C@@H]12)C(C)=O. The van der Waals surface area contributed by atoms with Crippen LogP contribution >= 0.6 is 0 Å². The first-order chi connectivity index (χ1) is 15.3. The van der Waals surface area contributed by atoms with Crippen LogP contribution in [-0.4, -0.2) is 67.0 Å². The molecular weight excluding hydrogens is 406 g/mol. The van der Waals surface area contributed by atoms with Gasteiger partial charge in [-0.15, -0.1) is 0 Å². The van der Waals surface area contributed by atoms with Gasteiger partial charge < -0.3 is 24.6 Å². The summed E-state index contributed by atoms with van der Waals surface area (Å²) in [7, 11) is 3.15. The molecule has 0 bridgehead atoms. The van der Waals surface area contributed by atoms with Crippen molar-refractivity contribution in [3.63, 3.8) is 0 Å². The topological polar surface area (TPSA) is 71.1 Å². The summed E-state index contributed by atoms with van der Waals surface area (Å²) in [6, 6.07) is 5.80. The van der Waals surface area contributed by atoms with E-state index in [1.807, 2.05) is 18.7 Å². The number of amides is 2. The molecule has 2 heterocycles. The molecule has 3 rings (SSSR count). The molecule has 2 aliphatic rings. The van der Waals surface area contributed by atoms with E-state index in [-0.39, 0.29) is 11.8 Å². The number of rotatable bonds is 8. The molecule has 7 heteroatoms. The molecule has 2 fully saturated rings. The maximum atomic E-state index is 13.5. The van der Waals surface area contributed by atoms with Gasteiger partial charge in [0.2, 0.25) is 11.8 Å². The lowest BCUT2D eigenvalue weighted by molar-refractivity contribution is -0.145. The Hall–Kier alpha value is -2.28. The van der Waals surface area contributed by atoms with E-state index in [0.717, 1.165) is 25.9 Å². The summed E-state index contributed by atoms with van der Waals surface area (Å²) >= 11 is 0. The molecule has 2 saturated heterocycles. The standard InChI is InChI=1S/C25H39N3O4/c1-6-25(3,24(30)26-20-14-21(31-4)16-22(15-20)32-5)28(18(2)29)17-19-10-9-13-27-12-8-7-11-23(19)27/h14-16,19,23H,6-13,17H2,1-5H3,(H,26,30)/t19-,23-,25+/m0/s1. The molecule has 2 aliphatic heterocycles. The first-order valence-electron chi connectivity index (χ1n) is 11.9. The van der Waals surface area contributed by atoms with Crippen LogP contribution in [0, 0.1) is 5.92 Å². The zero-order valence-electron chi connectivity index (χ0n) is 20.3. The summed E-state index contributed by atoms with van der Waals surface area (Å²) in [5.41, 5.74) is -0.357. The van der Waals surface area contributed by atoms with Gasteiger partial charge in [0.1, 0.15) is 17.0 Å². The van der Waals surface area contributed by atoms with Crippen LogP contribution in [0.15, 0.2) is 18.2 Å². The van der Waals surface area contributed by atoms with E-state index >= 15 is 0 Å². The molecule has 7 nitrogen and oxygen atoms in total. The van der Waals surface area contributed by atoms with E-state index in [1.54, 1.807) is 39.3 Å². The Morgan fingerprint density at radius 3 is 2.34 bits per heavy atom. The number of nitrogens with one attached hydrogen (secondary N) is 1. The van der Waals surface area contributed by atoms with Gasteiger partial charge in [0.25, 0.3) is 0 Å². The van der Waals surface area contributed by atoms with Crippen molar-refractivity contribution in [2.24, 2.45) is 5.92 Å². The minimum absolute atomic E-state index is 0.0549. The van der Waals surface area contributed by atoms with Crippen molar-refractivity contribution in [2.75, 3.05) is 39.2 Å². The second kappa shape index (κ2) is 10.6. The Bertz CT molecular complexity index is 790. The highest BCUT2D eigenvalue weighted by atomic mass is 16.5. The smallest absolute Gasteiger partial charge is 0.250 e. The van der Waals surface area contributed by atoms with Gasteiger partial charge in [-0.1, -0.05) is 13.3 Å². The minimum Gasteiger partial charge on any atom is -0.497 e. The molecule has 178 valence electrons. The van der Waals surface area contributed by atoms with Gasteiger partial charge >= 0.3 is 0 Å². The molecular formula is C25H39N3O4. The predicted molar refractivity (Wildman–Crippen MR) is 126 cm³/mol. The fourth-order valence-electron chi connectivity index (χ4n) is 5.32. The van der Waals surface area contributed by atoms with Gasteiger partial charge in [-0.25, -0.2) is 0 Å². The third kappa shape index (κ3) is 5.20. The number of hydrogen-bond donors (Lipinski definition) is 1. The molecule has 3 atom stereocenters. The normalized spacial score (nSPS) is 22.9. The molecule has 0 unspecified atom stereocenters. The van der Waals surface area contributed by atoms with Crippen molar-refractivity contribution < 1.29 is 19.1 Å². The van der Waals surface area contributed by atoms with E-state index in [4.69, 9.17) is 9.47 Å². The molecule has 32 heavy (non-hydrogen) atoms. The van der Waals surface area contributed by atoms with Crippen LogP contribution in [0.25, 0.3) is 0 Å². The summed E-state index contributed by atoms with van der Waals surface area (Å²) in [4.78, 5) is 30.8. The van der Waals surface area contributed by atoms with Gasteiger partial charge in [-0.05, 0) is 58.0 Å². The number of methoxy groups -OCH3 is 2. The van der Waals surface area contributed by atoms with E-state index < -0.39 is 5.54 Å². The lowest BCUT2D eigenvalue weighted by atomic mass is 9.82. The molecule has 1 aromatic rings. The van der Waals surface area contributed by atoms with Crippen LogP contribution in [0.3, 0.4) is 0 Å². The van der Waals surface area contributed by atoms with Crippen molar-refractivity contribution >= 4 is 17.5 Å². The molecule has 0 radical (unpaired) electrons. The van der Waals surface area contributed by atoms with Gasteiger partial charge in [0.05, 0.1) is 14.2 Å². The molecule has 0 saturated carbocycles. The molecule has 2 amide bonds. The van der Waals surface area contributed by atoms with Gasteiger partial charge in [0.15, 0.2) is 0 Å². The second-order valence-corrected chi connectivity index (χ2v) is 9.31. The van der Waals surface area contributed by atoms with Crippen LogP contribution in [0.5, 0.6) is 11.5 Å². The zero-order valence-corrected chi connectivity index (χ0v) is 20.3. The summed E-state index contributed by atoms with van der Waals surface area (Å²) in [5, 5.41) is 3.01. The second-order valence-electron chi connectivity index (χ2n) is 9.31. The average molecular weight is 446 g/mol. The first-order valence-corrected chi connectivity index (χ1v) is 11.9. The largest absolute Gasteiger partial charge is 0.497 e. The van der Waals surface area contributed by atoms with E-state index in [1.165, 1.54) is 19.3 Å². The lowest BCUT2D eigenvalue weighted by Gasteiger charge is -2.48. The number of ether oxygens (including phenoxy) is 2. The van der Waals surface area contributed by atoms with E-state index in [9.17, 15) is 9.59 Å². The van der Waals surface area contributed by atoms with Crippen molar-refractivity contribution in [3.8, 4) is 11.5 Å². The average Bonchev–Trinajstić information content (AvgIpc) is 2.81. The predicted octanol–water partition coefficient (Wildman–Crippen LogP) is 3.92. The molecule has 0 spiro atoms. The highest BCUT2D eigenvalue weighted by molar-refractivity contribution is 6.00. The highest BCUT2D eigenvalue weighted by Crippen LogP contribution is 2.34. The van der Waals surface area contributed by atoms with Crippen molar-refractivity contribution in [1.29, 1.82) is 0 Å². The van der Waals surface area contributed by atoms with Crippen molar-refractivity contribution in [1.82, 2.24) is 9.80 Å². The van der Waals surface area contributed by atoms with Gasteiger partial charge in [0, 0.05) is 43.4 Å². The maximum absolute atomic E-state index is 13.5. The van der Waals surface area contributed by atoms with E-state index in [2.05, 4.69) is 10.2 Å². The quantitative estimate of drug-likeness (QED) is 0.657. The van der Waals surface area contributed by atoms with Crippen LogP contribution in [0.2, 0.25) is 0 Å². The van der Waals surface area contributed by atoms with Crippen molar-refractivity contribution in [2.45, 2.75) is 70.9 Å². The number of carbonyl (C=O) groups excluding carboxylic acids is 2. The van der Waals surface area contributed by atoms with Crippen LogP contribution in [0.4, 0.5) is 5.69 Å². The first kappa shape index (κ1) is 24.4. The minimum atomic E-state index is -0.945. The Balaban J connectivity index is 1.81. The van der Waals surface area contributed by atoms with E-state index in [0.29, 0.717) is 42.1 Å². The Morgan fingerprint density at radius 2 is 1.75 bits per heavy atom. The monoisotopic (exact) mass is 445 g/mol.